The summed E-state index contributed by atoms with van der Waals surface area (Å²) >= 11 is 0. The van der Waals surface area contributed by atoms with Crippen LogP contribution in [0.5, 0.6) is 0 Å². The lowest BCUT2D eigenvalue weighted by Crippen LogP contribution is -2.27. The zero-order valence-corrected chi connectivity index (χ0v) is 17.9. The first-order chi connectivity index (χ1) is 15.6. The number of likely N-dealkylation sites (N-methyl/N-ethyl adjacent to an activating group) is 1. The van der Waals surface area contributed by atoms with E-state index in [-0.39, 0.29) is 18.1 Å². The number of fused-ring (bicyclic) bond motifs is 2. The quantitative estimate of drug-likeness (QED) is 0.510. The number of anilines is 2. The predicted octanol–water partition coefficient (Wildman–Crippen LogP) is 4.42. The molecule has 1 saturated carbocycles. The molecule has 3 N–H and O–H groups in total. The summed E-state index contributed by atoms with van der Waals surface area (Å²) in [6.07, 6.45) is 9.29. The molecular weight excluding hydrogens is 398 g/mol. The molecule has 1 aliphatic carbocycles. The summed E-state index contributed by atoms with van der Waals surface area (Å²) in [7, 11) is 2.13. The Morgan fingerprint density at radius 3 is 2.69 bits per heavy atom. The van der Waals surface area contributed by atoms with Crippen molar-refractivity contribution in [3.63, 3.8) is 0 Å². The minimum absolute atomic E-state index is 0.177. The summed E-state index contributed by atoms with van der Waals surface area (Å²) in [5, 5.41) is 9.82. The van der Waals surface area contributed by atoms with Crippen LogP contribution >= 0.6 is 0 Å². The second-order valence-electron chi connectivity index (χ2n) is 8.77. The molecular formula is C26H25N5O. The van der Waals surface area contributed by atoms with Crippen LogP contribution in [0.15, 0.2) is 67.0 Å². The van der Waals surface area contributed by atoms with Crippen LogP contribution in [0, 0.1) is 0 Å². The zero-order valence-electron chi connectivity index (χ0n) is 17.9. The smallest absolute Gasteiger partial charge is 0.150 e. The molecule has 4 aromatic rings. The molecule has 1 unspecified atom stereocenters. The van der Waals surface area contributed by atoms with E-state index in [1.54, 1.807) is 6.20 Å². The second-order valence-corrected chi connectivity index (χ2v) is 8.77. The number of aliphatic hydroxyl groups excluding tert-OH is 1. The number of hydrogen-bond acceptors (Lipinski definition) is 5. The topological polar surface area (TPSA) is 79.7 Å². The molecule has 0 spiro atoms. The van der Waals surface area contributed by atoms with Gasteiger partial charge < -0.3 is 15.7 Å². The van der Waals surface area contributed by atoms with Gasteiger partial charge in [0.25, 0.3) is 0 Å². The lowest BCUT2D eigenvalue weighted by atomic mass is 9.82. The third-order valence-corrected chi connectivity index (χ3v) is 6.79. The van der Waals surface area contributed by atoms with E-state index < -0.39 is 0 Å². The van der Waals surface area contributed by atoms with Crippen LogP contribution in [-0.2, 0) is 0 Å². The molecule has 0 amide bonds. The van der Waals surface area contributed by atoms with E-state index >= 15 is 0 Å². The highest BCUT2D eigenvalue weighted by Crippen LogP contribution is 2.41. The average Bonchev–Trinajstić information content (AvgIpc) is 3.18. The van der Waals surface area contributed by atoms with Gasteiger partial charge in [0.05, 0.1) is 12.1 Å². The number of nitrogen functional groups attached to an aromatic ring is 1. The number of benzene rings is 2. The van der Waals surface area contributed by atoms with Crippen LogP contribution in [0.1, 0.15) is 41.8 Å². The van der Waals surface area contributed by atoms with Gasteiger partial charge in [-0.1, -0.05) is 54.6 Å². The van der Waals surface area contributed by atoms with Crippen LogP contribution in [0.4, 0.5) is 11.5 Å². The predicted molar refractivity (Wildman–Crippen MR) is 127 cm³/mol. The van der Waals surface area contributed by atoms with E-state index in [0.717, 1.165) is 41.1 Å². The largest absolute Gasteiger partial charge is 0.393 e. The fourth-order valence-electron chi connectivity index (χ4n) is 4.97. The number of nitrogens with two attached hydrogens (primary N) is 1. The van der Waals surface area contributed by atoms with Crippen molar-refractivity contribution >= 4 is 23.1 Å². The SMILES string of the molecule is CN1c2cc(-c3nc(C4CC(O)C4)n4ccnc(N)c34)ccc2C=CC1c1ccccc1. The number of aromatic nitrogens is 3. The molecule has 0 radical (unpaired) electrons. The number of imidazole rings is 1. The summed E-state index contributed by atoms with van der Waals surface area (Å²) in [5.74, 6) is 1.65. The molecule has 1 aliphatic heterocycles. The molecule has 1 atom stereocenters. The van der Waals surface area contributed by atoms with Gasteiger partial charge >= 0.3 is 0 Å². The van der Waals surface area contributed by atoms with E-state index in [1.165, 1.54) is 11.1 Å². The molecule has 2 aromatic heterocycles. The van der Waals surface area contributed by atoms with E-state index in [4.69, 9.17) is 10.7 Å². The summed E-state index contributed by atoms with van der Waals surface area (Å²) in [6.45, 7) is 0. The van der Waals surface area contributed by atoms with E-state index in [1.807, 2.05) is 16.7 Å². The summed E-state index contributed by atoms with van der Waals surface area (Å²) in [5.41, 5.74) is 12.6. The standard InChI is InChI=1S/C26H25N5O/c1-30-21(16-5-3-2-4-6-16)10-9-17-7-8-18(15-22(17)30)23-24-25(27)28-11-12-31(24)26(29-23)19-13-20(32)14-19/h2-12,15,19-21,32H,13-14H2,1H3,(H2,27,28). The molecule has 6 rings (SSSR count). The van der Waals surface area contributed by atoms with Crippen molar-refractivity contribution < 1.29 is 5.11 Å². The third-order valence-electron chi connectivity index (χ3n) is 6.79. The Labute approximate surface area is 186 Å². The Balaban J connectivity index is 1.46. The van der Waals surface area contributed by atoms with Gasteiger partial charge in [0, 0.05) is 36.6 Å². The lowest BCUT2D eigenvalue weighted by molar-refractivity contribution is 0.0715. The zero-order chi connectivity index (χ0) is 21.8. The number of hydrogen-bond donors (Lipinski definition) is 2. The van der Waals surface area contributed by atoms with Crippen molar-refractivity contribution in [1.82, 2.24) is 14.4 Å². The molecule has 0 bridgehead atoms. The number of aliphatic hydroxyl groups is 1. The average molecular weight is 424 g/mol. The van der Waals surface area contributed by atoms with Crippen molar-refractivity contribution in [3.8, 4) is 11.3 Å². The molecule has 1 fully saturated rings. The molecule has 6 heteroatoms. The van der Waals surface area contributed by atoms with E-state index in [2.05, 4.69) is 71.5 Å². The van der Waals surface area contributed by atoms with Crippen molar-refractivity contribution in [2.24, 2.45) is 0 Å². The first-order valence-corrected chi connectivity index (χ1v) is 11.0. The van der Waals surface area contributed by atoms with Gasteiger partial charge in [0.1, 0.15) is 22.9 Å². The van der Waals surface area contributed by atoms with Gasteiger partial charge in [0.15, 0.2) is 0 Å². The van der Waals surface area contributed by atoms with E-state index in [0.29, 0.717) is 5.82 Å². The Bertz CT molecular complexity index is 1340. The number of rotatable bonds is 3. The van der Waals surface area contributed by atoms with Gasteiger partial charge in [-0.05, 0) is 30.0 Å². The minimum Gasteiger partial charge on any atom is -0.393 e. The lowest BCUT2D eigenvalue weighted by Gasteiger charge is -2.33. The Morgan fingerprint density at radius 2 is 1.91 bits per heavy atom. The minimum atomic E-state index is -0.242. The van der Waals surface area contributed by atoms with Crippen LogP contribution in [0.3, 0.4) is 0 Å². The summed E-state index contributed by atoms with van der Waals surface area (Å²) in [6, 6.07) is 17.1. The van der Waals surface area contributed by atoms with Crippen molar-refractivity contribution in [1.29, 1.82) is 0 Å². The first kappa shape index (κ1) is 19.1. The first-order valence-electron chi connectivity index (χ1n) is 11.0. The number of nitrogens with zero attached hydrogens (tertiary/aromatic N) is 4. The molecule has 2 aromatic carbocycles. The fourth-order valence-corrected chi connectivity index (χ4v) is 4.97. The van der Waals surface area contributed by atoms with Crippen molar-refractivity contribution in [2.75, 3.05) is 17.7 Å². The van der Waals surface area contributed by atoms with Gasteiger partial charge in [0.2, 0.25) is 0 Å². The Hall–Kier alpha value is -3.64. The Kier molecular flexibility index (Phi) is 4.30. The molecule has 32 heavy (non-hydrogen) atoms. The highest BCUT2D eigenvalue weighted by Gasteiger charge is 2.33. The molecule has 2 aliphatic rings. The molecule has 0 saturated heterocycles. The maximum absolute atomic E-state index is 9.82. The maximum Gasteiger partial charge on any atom is 0.150 e. The van der Waals surface area contributed by atoms with Crippen LogP contribution in [-0.4, -0.2) is 32.6 Å². The fraction of sp³-hybridized carbons (Fsp3) is 0.231. The van der Waals surface area contributed by atoms with Gasteiger partial charge in [-0.2, -0.15) is 0 Å². The van der Waals surface area contributed by atoms with Crippen LogP contribution < -0.4 is 10.6 Å². The molecule has 160 valence electrons. The van der Waals surface area contributed by atoms with Gasteiger partial charge in [-0.25, -0.2) is 9.97 Å². The van der Waals surface area contributed by atoms with Crippen LogP contribution in [0.2, 0.25) is 0 Å². The summed E-state index contributed by atoms with van der Waals surface area (Å²) < 4.78 is 2.05. The van der Waals surface area contributed by atoms with Crippen molar-refractivity contribution in [2.45, 2.75) is 30.9 Å². The second kappa shape index (κ2) is 7.21. The molecule has 3 heterocycles. The Morgan fingerprint density at radius 1 is 1.09 bits per heavy atom. The monoisotopic (exact) mass is 423 g/mol. The highest BCUT2D eigenvalue weighted by atomic mass is 16.3. The van der Waals surface area contributed by atoms with Gasteiger partial charge in [-0.3, -0.25) is 4.40 Å². The van der Waals surface area contributed by atoms with Gasteiger partial charge in [-0.15, -0.1) is 0 Å². The van der Waals surface area contributed by atoms with E-state index in [9.17, 15) is 5.11 Å². The highest BCUT2D eigenvalue weighted by molar-refractivity contribution is 5.88. The normalized spacial score (nSPS) is 22.1. The van der Waals surface area contributed by atoms with Crippen molar-refractivity contribution in [3.05, 3.63) is 84.0 Å². The van der Waals surface area contributed by atoms with Crippen LogP contribution in [0.25, 0.3) is 22.9 Å². The summed E-state index contributed by atoms with van der Waals surface area (Å²) in [4.78, 5) is 11.7. The third kappa shape index (κ3) is 2.91. The maximum atomic E-state index is 9.82. The molecule has 6 nitrogen and oxygen atoms in total.